The Morgan fingerprint density at radius 3 is 2.93 bits per heavy atom. The molecule has 0 bridgehead atoms. The van der Waals surface area contributed by atoms with Gasteiger partial charge in [0.1, 0.15) is 5.75 Å². The van der Waals surface area contributed by atoms with Crippen molar-refractivity contribution in [1.29, 1.82) is 0 Å². The zero-order valence-electron chi connectivity index (χ0n) is 16.1. The molecule has 0 radical (unpaired) electrons. The lowest BCUT2D eigenvalue weighted by Gasteiger charge is -2.12. The van der Waals surface area contributed by atoms with Crippen LogP contribution in [0.3, 0.4) is 0 Å². The number of aryl methyl sites for hydroxylation is 2. The number of methoxy groups -OCH3 is 1. The summed E-state index contributed by atoms with van der Waals surface area (Å²) in [4.78, 5) is 16.6. The zero-order chi connectivity index (χ0) is 19.5. The Morgan fingerprint density at radius 1 is 1.29 bits per heavy atom. The summed E-state index contributed by atoms with van der Waals surface area (Å²) in [6.45, 7) is 1.95. The number of hydrogen-bond acceptors (Lipinski definition) is 3. The summed E-state index contributed by atoms with van der Waals surface area (Å²) in [5.74, 6) is 0.639. The van der Waals surface area contributed by atoms with E-state index in [0.717, 1.165) is 35.5 Å². The number of carbonyl (C=O) groups is 1. The second kappa shape index (κ2) is 7.72. The van der Waals surface area contributed by atoms with Crippen molar-refractivity contribution >= 4 is 12.0 Å². The Bertz CT molecular complexity index is 1040. The van der Waals surface area contributed by atoms with Gasteiger partial charge in [-0.15, -0.1) is 0 Å². The second-order valence-corrected chi connectivity index (χ2v) is 6.99. The van der Waals surface area contributed by atoms with Crippen molar-refractivity contribution in [2.24, 2.45) is 0 Å². The third-order valence-corrected chi connectivity index (χ3v) is 5.07. The first-order valence-electron chi connectivity index (χ1n) is 9.39. The molecule has 2 aromatic carbocycles. The predicted molar refractivity (Wildman–Crippen MR) is 110 cm³/mol. The average molecular weight is 373 g/mol. The van der Waals surface area contributed by atoms with Crippen LogP contribution in [-0.2, 0) is 11.2 Å². The molecule has 0 fully saturated rings. The minimum absolute atomic E-state index is 0.0880. The van der Waals surface area contributed by atoms with Crippen LogP contribution in [-0.4, -0.2) is 22.6 Å². The van der Waals surface area contributed by atoms with Crippen LogP contribution in [0.15, 0.2) is 61.1 Å². The van der Waals surface area contributed by atoms with E-state index in [-0.39, 0.29) is 11.9 Å². The zero-order valence-corrected chi connectivity index (χ0v) is 16.1. The Balaban J connectivity index is 1.46. The third kappa shape index (κ3) is 3.69. The number of hydrogen-bond donors (Lipinski definition) is 1. The van der Waals surface area contributed by atoms with Gasteiger partial charge in [-0.1, -0.05) is 30.3 Å². The summed E-state index contributed by atoms with van der Waals surface area (Å²) in [6.07, 6.45) is 9.05. The number of fused-ring (bicyclic) bond motifs is 1. The van der Waals surface area contributed by atoms with Gasteiger partial charge in [-0.3, -0.25) is 4.79 Å². The van der Waals surface area contributed by atoms with E-state index in [4.69, 9.17) is 4.74 Å². The normalized spacial score (nSPS) is 15.6. The van der Waals surface area contributed by atoms with Gasteiger partial charge < -0.3 is 14.6 Å². The van der Waals surface area contributed by atoms with Crippen molar-refractivity contribution < 1.29 is 9.53 Å². The lowest BCUT2D eigenvalue weighted by atomic mass is 10.1. The van der Waals surface area contributed by atoms with Gasteiger partial charge in [-0.05, 0) is 54.7 Å². The number of ether oxygens (including phenoxy) is 1. The molecule has 0 saturated heterocycles. The van der Waals surface area contributed by atoms with Crippen molar-refractivity contribution in [1.82, 2.24) is 14.9 Å². The van der Waals surface area contributed by atoms with Crippen LogP contribution in [0.5, 0.6) is 5.75 Å². The Labute approximate surface area is 164 Å². The summed E-state index contributed by atoms with van der Waals surface area (Å²) in [6, 6.07) is 14.2. The highest BCUT2D eigenvalue weighted by molar-refractivity contribution is 5.92. The summed E-state index contributed by atoms with van der Waals surface area (Å²) in [5, 5.41) is 3.10. The monoisotopic (exact) mass is 373 g/mol. The molecule has 1 N–H and O–H groups in total. The van der Waals surface area contributed by atoms with Crippen molar-refractivity contribution in [3.05, 3.63) is 83.4 Å². The van der Waals surface area contributed by atoms with E-state index in [9.17, 15) is 4.79 Å². The van der Waals surface area contributed by atoms with Gasteiger partial charge in [0.05, 0.1) is 30.9 Å². The molecule has 1 aromatic heterocycles. The van der Waals surface area contributed by atoms with Gasteiger partial charge in [-0.2, -0.15) is 0 Å². The smallest absolute Gasteiger partial charge is 0.244 e. The number of nitrogens with zero attached hydrogens (tertiary/aromatic N) is 2. The van der Waals surface area contributed by atoms with Crippen LogP contribution in [0, 0.1) is 6.92 Å². The number of imidazole rings is 1. The van der Waals surface area contributed by atoms with Gasteiger partial charge in [-0.25, -0.2) is 4.98 Å². The van der Waals surface area contributed by atoms with E-state index in [2.05, 4.69) is 22.4 Å². The van der Waals surface area contributed by atoms with Gasteiger partial charge in [0.25, 0.3) is 0 Å². The number of nitrogens with one attached hydrogen (secondary N) is 1. The molecule has 1 aliphatic rings. The standard InChI is InChI=1S/C23H23N3O2/c1-16-14-26(15-24-16)21-11-7-17(13-22(21)28-2)8-12-23(27)25-20-10-9-18-5-3-4-6-19(18)20/h3-8,11-15,20H,9-10H2,1-2H3,(H,25,27)/b12-8+. The molecular weight excluding hydrogens is 350 g/mol. The Kier molecular flexibility index (Phi) is 4.98. The van der Waals surface area contributed by atoms with E-state index in [1.807, 2.05) is 54.1 Å². The first-order chi connectivity index (χ1) is 13.6. The topological polar surface area (TPSA) is 56.1 Å². The van der Waals surface area contributed by atoms with Crippen molar-refractivity contribution in [2.75, 3.05) is 7.11 Å². The molecule has 1 heterocycles. The molecule has 1 aliphatic carbocycles. The van der Waals surface area contributed by atoms with Crippen molar-refractivity contribution in [3.8, 4) is 11.4 Å². The maximum atomic E-state index is 12.4. The summed E-state index contributed by atoms with van der Waals surface area (Å²) in [5.41, 5.74) is 5.31. The molecule has 142 valence electrons. The number of carbonyl (C=O) groups excluding carboxylic acids is 1. The second-order valence-electron chi connectivity index (χ2n) is 6.99. The molecule has 5 heteroatoms. The van der Waals surface area contributed by atoms with Crippen LogP contribution in [0.4, 0.5) is 0 Å². The quantitative estimate of drug-likeness (QED) is 0.688. The maximum Gasteiger partial charge on any atom is 0.244 e. The summed E-state index contributed by atoms with van der Waals surface area (Å²) >= 11 is 0. The van der Waals surface area contributed by atoms with Crippen molar-refractivity contribution in [3.63, 3.8) is 0 Å². The van der Waals surface area contributed by atoms with E-state index < -0.39 is 0 Å². The fraction of sp³-hybridized carbons (Fsp3) is 0.217. The van der Waals surface area contributed by atoms with Crippen LogP contribution in [0.25, 0.3) is 11.8 Å². The predicted octanol–water partition coefficient (Wildman–Crippen LogP) is 4.01. The van der Waals surface area contributed by atoms with Gasteiger partial charge in [0, 0.05) is 12.3 Å². The first-order valence-corrected chi connectivity index (χ1v) is 9.39. The minimum atomic E-state index is -0.0880. The van der Waals surface area contributed by atoms with Gasteiger partial charge in [0.15, 0.2) is 0 Å². The molecular formula is C23H23N3O2. The summed E-state index contributed by atoms with van der Waals surface area (Å²) in [7, 11) is 1.64. The van der Waals surface area contributed by atoms with Gasteiger partial charge in [0.2, 0.25) is 5.91 Å². The van der Waals surface area contributed by atoms with Crippen molar-refractivity contribution in [2.45, 2.75) is 25.8 Å². The largest absolute Gasteiger partial charge is 0.495 e. The highest BCUT2D eigenvalue weighted by atomic mass is 16.5. The van der Waals surface area contributed by atoms with Crippen LogP contribution in [0.1, 0.15) is 34.8 Å². The average Bonchev–Trinajstić information content (AvgIpc) is 3.33. The molecule has 4 rings (SSSR count). The van der Waals surface area contributed by atoms with Gasteiger partial charge >= 0.3 is 0 Å². The Hall–Kier alpha value is -3.34. The van der Waals surface area contributed by atoms with E-state index in [0.29, 0.717) is 0 Å². The number of benzene rings is 2. The van der Waals surface area contributed by atoms with E-state index >= 15 is 0 Å². The minimum Gasteiger partial charge on any atom is -0.495 e. The SMILES string of the molecule is COc1cc(/C=C/C(=O)NC2CCc3ccccc32)ccc1-n1cnc(C)c1. The van der Waals surface area contributed by atoms with E-state index in [1.165, 1.54) is 11.1 Å². The van der Waals surface area contributed by atoms with Crippen LogP contribution < -0.4 is 10.1 Å². The molecule has 1 atom stereocenters. The lowest BCUT2D eigenvalue weighted by Crippen LogP contribution is -2.25. The number of amides is 1. The highest BCUT2D eigenvalue weighted by Crippen LogP contribution is 2.30. The Morgan fingerprint density at radius 2 is 2.14 bits per heavy atom. The molecule has 0 saturated carbocycles. The third-order valence-electron chi connectivity index (χ3n) is 5.07. The molecule has 28 heavy (non-hydrogen) atoms. The molecule has 1 unspecified atom stereocenters. The molecule has 5 nitrogen and oxygen atoms in total. The van der Waals surface area contributed by atoms with E-state index in [1.54, 1.807) is 19.5 Å². The molecule has 3 aromatic rings. The van der Waals surface area contributed by atoms with Crippen LogP contribution in [0.2, 0.25) is 0 Å². The first kappa shape index (κ1) is 18.0. The van der Waals surface area contributed by atoms with Crippen LogP contribution >= 0.6 is 0 Å². The maximum absolute atomic E-state index is 12.4. The summed E-state index contributed by atoms with van der Waals surface area (Å²) < 4.78 is 7.44. The molecule has 0 aliphatic heterocycles. The number of aromatic nitrogens is 2. The fourth-order valence-corrected chi connectivity index (χ4v) is 3.66. The number of rotatable bonds is 5. The fourth-order valence-electron chi connectivity index (χ4n) is 3.66. The highest BCUT2D eigenvalue weighted by Gasteiger charge is 2.22. The molecule has 1 amide bonds. The lowest BCUT2D eigenvalue weighted by molar-refractivity contribution is -0.117. The molecule has 0 spiro atoms.